The number of carbonyl (C=O) groups is 1. The maximum absolute atomic E-state index is 11.3. The fraction of sp³-hybridized carbons (Fsp3) is 0.111. The van der Waals surface area contributed by atoms with Gasteiger partial charge in [0.2, 0.25) is 5.91 Å². The van der Waals surface area contributed by atoms with Gasteiger partial charge in [-0.25, -0.2) is 0 Å². The Hall–Kier alpha value is -0.970. The molecule has 0 saturated carbocycles. The molecule has 0 bridgehead atoms. The number of rotatable bonds is 3. The number of amidine groups is 1. The zero-order chi connectivity index (χ0) is 12.3. The van der Waals surface area contributed by atoms with Gasteiger partial charge >= 0.3 is 0 Å². The van der Waals surface area contributed by atoms with Crippen molar-refractivity contribution in [1.29, 1.82) is 5.41 Å². The van der Waals surface area contributed by atoms with Crippen molar-refractivity contribution in [1.82, 2.24) is 0 Å². The average Bonchev–Trinajstić information content (AvgIpc) is 2.12. The van der Waals surface area contributed by atoms with Gasteiger partial charge < -0.3 is 11.1 Å². The molecule has 4 nitrogen and oxygen atoms in total. The van der Waals surface area contributed by atoms with Crippen LogP contribution in [0.15, 0.2) is 12.1 Å². The summed E-state index contributed by atoms with van der Waals surface area (Å²) in [6, 6.07) is 2.86. The minimum absolute atomic E-state index is 0.198. The first-order valence-electron chi connectivity index (χ1n) is 4.17. The van der Waals surface area contributed by atoms with E-state index in [1.807, 2.05) is 0 Å². The number of anilines is 1. The van der Waals surface area contributed by atoms with Crippen LogP contribution in [-0.4, -0.2) is 11.7 Å². The minimum Gasteiger partial charge on any atom is -0.387 e. The molecule has 0 radical (unpaired) electrons. The Morgan fingerprint density at radius 1 is 1.25 bits per heavy atom. The lowest BCUT2D eigenvalue weighted by atomic mass is 10.3. The molecule has 1 rings (SSSR count). The van der Waals surface area contributed by atoms with Crippen molar-refractivity contribution in [3.8, 4) is 0 Å². The van der Waals surface area contributed by atoms with Crippen molar-refractivity contribution >= 4 is 52.2 Å². The molecule has 4 N–H and O–H groups in total. The van der Waals surface area contributed by atoms with Crippen LogP contribution in [0.2, 0.25) is 15.1 Å². The molecule has 0 saturated heterocycles. The van der Waals surface area contributed by atoms with Crippen LogP contribution in [0.25, 0.3) is 0 Å². The first-order chi connectivity index (χ1) is 7.40. The zero-order valence-electron chi connectivity index (χ0n) is 7.98. The summed E-state index contributed by atoms with van der Waals surface area (Å²) in [5.74, 6) is -0.665. The summed E-state index contributed by atoms with van der Waals surface area (Å²) in [6.07, 6.45) is -0.198. The highest BCUT2D eigenvalue weighted by Gasteiger charge is 2.09. The highest BCUT2D eigenvalue weighted by atomic mass is 35.5. The van der Waals surface area contributed by atoms with Crippen LogP contribution < -0.4 is 11.1 Å². The zero-order valence-corrected chi connectivity index (χ0v) is 10.2. The maximum Gasteiger partial charge on any atom is 0.231 e. The summed E-state index contributed by atoms with van der Waals surface area (Å²) in [5, 5.41) is 10.3. The van der Waals surface area contributed by atoms with Crippen LogP contribution in [0, 0.1) is 5.41 Å². The first kappa shape index (κ1) is 13.1. The van der Waals surface area contributed by atoms with Crippen LogP contribution in [0.5, 0.6) is 0 Å². The number of nitrogens with one attached hydrogen (secondary N) is 2. The Morgan fingerprint density at radius 2 is 1.81 bits per heavy atom. The average molecular weight is 281 g/mol. The quantitative estimate of drug-likeness (QED) is 0.452. The van der Waals surface area contributed by atoms with Gasteiger partial charge in [-0.2, -0.15) is 0 Å². The van der Waals surface area contributed by atoms with Crippen molar-refractivity contribution in [2.45, 2.75) is 6.42 Å². The van der Waals surface area contributed by atoms with Gasteiger partial charge in [-0.3, -0.25) is 10.2 Å². The van der Waals surface area contributed by atoms with E-state index in [4.69, 9.17) is 45.9 Å². The van der Waals surface area contributed by atoms with E-state index < -0.39 is 5.91 Å². The fourth-order valence-electron chi connectivity index (χ4n) is 0.986. The number of hydrogen-bond acceptors (Lipinski definition) is 2. The van der Waals surface area contributed by atoms with Crippen molar-refractivity contribution in [3.05, 3.63) is 27.2 Å². The van der Waals surface area contributed by atoms with Crippen LogP contribution in [-0.2, 0) is 4.79 Å². The van der Waals surface area contributed by atoms with E-state index in [-0.39, 0.29) is 22.3 Å². The SMILES string of the molecule is N=C(N)CC(=O)Nc1cc(Cl)c(Cl)cc1Cl. The normalized spacial score (nSPS) is 9.94. The molecular formula is C9H8Cl3N3O. The van der Waals surface area contributed by atoms with E-state index >= 15 is 0 Å². The summed E-state index contributed by atoms with van der Waals surface area (Å²) in [7, 11) is 0. The Kier molecular flexibility index (Phi) is 4.41. The molecule has 0 spiro atoms. The third-order valence-electron chi connectivity index (χ3n) is 1.64. The van der Waals surface area contributed by atoms with Crippen LogP contribution in [0.3, 0.4) is 0 Å². The Labute approximate surface area is 107 Å². The van der Waals surface area contributed by atoms with Gasteiger partial charge in [-0.15, -0.1) is 0 Å². The topological polar surface area (TPSA) is 79.0 Å². The molecule has 0 aliphatic carbocycles. The molecule has 1 aromatic rings. The summed E-state index contributed by atoms with van der Waals surface area (Å²) >= 11 is 17.3. The molecule has 0 heterocycles. The van der Waals surface area contributed by atoms with Crippen molar-refractivity contribution in [2.24, 2.45) is 5.73 Å². The standard InChI is InChI=1S/C9H8Cl3N3O/c10-4-1-6(12)7(2-5(4)11)15-9(16)3-8(13)14/h1-2H,3H2,(H3,13,14)(H,15,16). The van der Waals surface area contributed by atoms with Gasteiger partial charge in [0.25, 0.3) is 0 Å². The molecule has 0 aliphatic heterocycles. The molecule has 0 fully saturated rings. The smallest absolute Gasteiger partial charge is 0.231 e. The van der Waals surface area contributed by atoms with Crippen molar-refractivity contribution < 1.29 is 4.79 Å². The third-order valence-corrected chi connectivity index (χ3v) is 2.67. The lowest BCUT2D eigenvalue weighted by molar-refractivity contribution is -0.115. The Morgan fingerprint density at radius 3 is 2.38 bits per heavy atom. The molecule has 1 amide bonds. The van der Waals surface area contributed by atoms with Crippen molar-refractivity contribution in [3.63, 3.8) is 0 Å². The monoisotopic (exact) mass is 279 g/mol. The second-order valence-corrected chi connectivity index (χ2v) is 4.22. The number of amides is 1. The van der Waals surface area contributed by atoms with Crippen LogP contribution >= 0.6 is 34.8 Å². The van der Waals surface area contributed by atoms with Gasteiger partial charge in [0.15, 0.2) is 0 Å². The lowest BCUT2D eigenvalue weighted by Gasteiger charge is -2.08. The molecule has 0 atom stereocenters. The molecule has 0 unspecified atom stereocenters. The summed E-state index contributed by atoms with van der Waals surface area (Å²) in [6.45, 7) is 0. The summed E-state index contributed by atoms with van der Waals surface area (Å²) < 4.78 is 0. The molecule has 0 aromatic heterocycles. The Balaban J connectivity index is 2.85. The fourth-order valence-corrected chi connectivity index (χ4v) is 1.58. The second kappa shape index (κ2) is 5.39. The maximum atomic E-state index is 11.3. The van der Waals surface area contributed by atoms with Gasteiger partial charge in [-0.05, 0) is 12.1 Å². The highest BCUT2D eigenvalue weighted by Crippen LogP contribution is 2.32. The summed E-state index contributed by atoms with van der Waals surface area (Å²) in [4.78, 5) is 11.3. The lowest BCUT2D eigenvalue weighted by Crippen LogP contribution is -2.21. The number of halogens is 3. The number of benzene rings is 1. The van der Waals surface area contributed by atoms with Crippen molar-refractivity contribution in [2.75, 3.05) is 5.32 Å². The molecule has 7 heteroatoms. The Bertz CT molecular complexity index is 448. The van der Waals surface area contributed by atoms with E-state index in [1.165, 1.54) is 12.1 Å². The highest BCUT2D eigenvalue weighted by molar-refractivity contribution is 6.44. The van der Waals surface area contributed by atoms with Gasteiger partial charge in [0, 0.05) is 0 Å². The predicted molar refractivity (Wildman–Crippen MR) is 66.6 cm³/mol. The molecule has 86 valence electrons. The van der Waals surface area contributed by atoms with Crippen LogP contribution in [0.1, 0.15) is 6.42 Å². The van der Waals surface area contributed by atoms with Gasteiger partial charge in [0.1, 0.15) is 5.84 Å². The van der Waals surface area contributed by atoms with E-state index in [0.29, 0.717) is 10.7 Å². The van der Waals surface area contributed by atoms with Crippen LogP contribution in [0.4, 0.5) is 5.69 Å². The number of hydrogen-bond donors (Lipinski definition) is 3. The molecular weight excluding hydrogens is 272 g/mol. The predicted octanol–water partition coefficient (Wildman–Crippen LogP) is 2.91. The van der Waals surface area contributed by atoms with E-state index in [1.54, 1.807) is 0 Å². The molecule has 0 aliphatic rings. The number of carbonyl (C=O) groups excluding carboxylic acids is 1. The summed E-state index contributed by atoms with van der Waals surface area (Å²) in [5.41, 5.74) is 5.42. The molecule has 16 heavy (non-hydrogen) atoms. The minimum atomic E-state index is -0.437. The number of nitrogens with two attached hydrogens (primary N) is 1. The van der Waals surface area contributed by atoms with E-state index in [0.717, 1.165) is 0 Å². The van der Waals surface area contributed by atoms with Gasteiger partial charge in [-0.1, -0.05) is 34.8 Å². The first-order valence-corrected chi connectivity index (χ1v) is 5.31. The molecule has 1 aromatic carbocycles. The largest absolute Gasteiger partial charge is 0.387 e. The third kappa shape index (κ3) is 3.56. The van der Waals surface area contributed by atoms with E-state index in [2.05, 4.69) is 5.32 Å². The van der Waals surface area contributed by atoms with E-state index in [9.17, 15) is 4.79 Å². The van der Waals surface area contributed by atoms with Gasteiger partial charge in [0.05, 0.1) is 27.2 Å². The second-order valence-electron chi connectivity index (χ2n) is 3.00.